The number of hydrogen-bond acceptors (Lipinski definition) is 3. The molecule has 1 fully saturated rings. The van der Waals surface area contributed by atoms with Crippen molar-refractivity contribution < 1.29 is 4.74 Å². The van der Waals surface area contributed by atoms with Crippen LogP contribution in [0.15, 0.2) is 53.0 Å². The fraction of sp³-hybridized carbons (Fsp3) is 0.333. The number of ether oxygens (including phenoxy) is 1. The lowest BCUT2D eigenvalue weighted by atomic mass is 9.95. The van der Waals surface area contributed by atoms with Gasteiger partial charge in [-0.05, 0) is 17.7 Å². The SMILES string of the molecule is COc1cc(Br)ccc1CN1C[C@@H](N)[C@H](c2ccccc2)C1. The van der Waals surface area contributed by atoms with Crippen molar-refractivity contribution in [2.24, 2.45) is 5.73 Å². The Morgan fingerprint density at radius 2 is 1.95 bits per heavy atom. The molecule has 0 aromatic heterocycles. The molecular weight excluding hydrogens is 340 g/mol. The van der Waals surface area contributed by atoms with Gasteiger partial charge in [0.15, 0.2) is 0 Å². The van der Waals surface area contributed by atoms with Gasteiger partial charge in [0.1, 0.15) is 5.75 Å². The first-order chi connectivity index (χ1) is 10.7. The highest BCUT2D eigenvalue weighted by Crippen LogP contribution is 2.30. The Bertz CT molecular complexity index is 632. The molecule has 0 spiro atoms. The second kappa shape index (κ2) is 6.82. The Morgan fingerprint density at radius 3 is 2.68 bits per heavy atom. The second-order valence-corrected chi connectivity index (χ2v) is 6.75. The van der Waals surface area contributed by atoms with Crippen LogP contribution in [0.3, 0.4) is 0 Å². The molecule has 0 unspecified atom stereocenters. The van der Waals surface area contributed by atoms with Gasteiger partial charge < -0.3 is 10.5 Å². The maximum atomic E-state index is 6.37. The zero-order valence-electron chi connectivity index (χ0n) is 12.7. The van der Waals surface area contributed by atoms with Crippen LogP contribution in [0.4, 0.5) is 0 Å². The van der Waals surface area contributed by atoms with Crippen molar-refractivity contribution in [1.82, 2.24) is 4.90 Å². The average Bonchev–Trinajstić information content (AvgIpc) is 2.90. The van der Waals surface area contributed by atoms with Gasteiger partial charge in [0.2, 0.25) is 0 Å². The Labute approximate surface area is 140 Å². The molecule has 4 heteroatoms. The van der Waals surface area contributed by atoms with Crippen LogP contribution in [0.2, 0.25) is 0 Å². The van der Waals surface area contributed by atoms with E-state index in [2.05, 4.69) is 63.3 Å². The van der Waals surface area contributed by atoms with E-state index in [9.17, 15) is 0 Å². The van der Waals surface area contributed by atoms with E-state index < -0.39 is 0 Å². The molecule has 116 valence electrons. The molecule has 3 rings (SSSR count). The summed E-state index contributed by atoms with van der Waals surface area (Å²) in [5, 5.41) is 0. The molecular formula is C18H21BrN2O. The third-order valence-electron chi connectivity index (χ3n) is 4.31. The topological polar surface area (TPSA) is 38.5 Å². The van der Waals surface area contributed by atoms with Crippen molar-refractivity contribution in [3.05, 3.63) is 64.1 Å². The summed E-state index contributed by atoms with van der Waals surface area (Å²) in [4.78, 5) is 2.41. The second-order valence-electron chi connectivity index (χ2n) is 5.83. The van der Waals surface area contributed by atoms with E-state index in [-0.39, 0.29) is 6.04 Å². The van der Waals surface area contributed by atoms with Crippen LogP contribution in [0.5, 0.6) is 5.75 Å². The number of benzene rings is 2. The van der Waals surface area contributed by atoms with E-state index in [0.29, 0.717) is 5.92 Å². The van der Waals surface area contributed by atoms with E-state index in [1.54, 1.807) is 7.11 Å². The summed E-state index contributed by atoms with van der Waals surface area (Å²) in [6.45, 7) is 2.77. The fourth-order valence-electron chi connectivity index (χ4n) is 3.19. The lowest BCUT2D eigenvalue weighted by molar-refractivity contribution is 0.314. The van der Waals surface area contributed by atoms with Gasteiger partial charge in [-0.25, -0.2) is 0 Å². The fourth-order valence-corrected chi connectivity index (χ4v) is 3.53. The Balaban J connectivity index is 1.73. The van der Waals surface area contributed by atoms with Crippen molar-refractivity contribution in [2.45, 2.75) is 18.5 Å². The van der Waals surface area contributed by atoms with Crippen LogP contribution in [0, 0.1) is 0 Å². The van der Waals surface area contributed by atoms with Crippen LogP contribution in [0.1, 0.15) is 17.0 Å². The molecule has 0 radical (unpaired) electrons. The van der Waals surface area contributed by atoms with Gasteiger partial charge in [0.25, 0.3) is 0 Å². The van der Waals surface area contributed by atoms with E-state index in [4.69, 9.17) is 10.5 Å². The summed E-state index contributed by atoms with van der Waals surface area (Å²) in [5.41, 5.74) is 8.90. The largest absolute Gasteiger partial charge is 0.496 e. The number of halogens is 1. The summed E-state index contributed by atoms with van der Waals surface area (Å²) < 4.78 is 6.52. The molecule has 0 amide bonds. The van der Waals surface area contributed by atoms with Gasteiger partial charge in [-0.15, -0.1) is 0 Å². The normalized spacial score (nSPS) is 22.0. The van der Waals surface area contributed by atoms with Gasteiger partial charge in [0.05, 0.1) is 7.11 Å². The Morgan fingerprint density at radius 1 is 1.18 bits per heavy atom. The van der Waals surface area contributed by atoms with Gasteiger partial charge >= 0.3 is 0 Å². The summed E-state index contributed by atoms with van der Waals surface area (Å²) in [6.07, 6.45) is 0. The average molecular weight is 361 g/mol. The number of nitrogens with zero attached hydrogens (tertiary/aromatic N) is 1. The molecule has 1 aliphatic rings. The predicted molar refractivity (Wildman–Crippen MR) is 93.1 cm³/mol. The van der Waals surface area contributed by atoms with Gasteiger partial charge in [0, 0.05) is 41.6 Å². The van der Waals surface area contributed by atoms with Gasteiger partial charge in [-0.2, -0.15) is 0 Å². The van der Waals surface area contributed by atoms with Crippen molar-refractivity contribution in [1.29, 1.82) is 0 Å². The van der Waals surface area contributed by atoms with E-state index in [1.807, 2.05) is 6.07 Å². The molecule has 22 heavy (non-hydrogen) atoms. The molecule has 1 heterocycles. The Hall–Kier alpha value is -1.36. The molecule has 0 bridgehead atoms. The highest BCUT2D eigenvalue weighted by atomic mass is 79.9. The summed E-state index contributed by atoms with van der Waals surface area (Å²) in [7, 11) is 1.72. The predicted octanol–water partition coefficient (Wildman–Crippen LogP) is 3.38. The summed E-state index contributed by atoms with van der Waals surface area (Å²) in [6, 6.07) is 16.9. The zero-order valence-corrected chi connectivity index (χ0v) is 14.3. The van der Waals surface area contributed by atoms with Crippen LogP contribution >= 0.6 is 15.9 Å². The van der Waals surface area contributed by atoms with Crippen LogP contribution in [-0.4, -0.2) is 31.1 Å². The minimum Gasteiger partial charge on any atom is -0.496 e. The highest BCUT2D eigenvalue weighted by Gasteiger charge is 2.31. The standard InChI is InChI=1S/C18H21BrN2O/c1-22-18-9-15(19)8-7-14(18)10-21-11-16(17(20)12-21)13-5-3-2-4-6-13/h2-9,16-17H,10-12,20H2,1H3/t16-,17+/m0/s1. The van der Waals surface area contributed by atoms with E-state index >= 15 is 0 Å². The summed E-state index contributed by atoms with van der Waals surface area (Å²) in [5.74, 6) is 1.33. The minimum atomic E-state index is 0.184. The lowest BCUT2D eigenvalue weighted by Gasteiger charge is -2.18. The van der Waals surface area contributed by atoms with Crippen molar-refractivity contribution >= 4 is 15.9 Å². The first kappa shape index (κ1) is 15.5. The quantitative estimate of drug-likeness (QED) is 0.907. The van der Waals surface area contributed by atoms with Crippen LogP contribution < -0.4 is 10.5 Å². The van der Waals surface area contributed by atoms with E-state index in [1.165, 1.54) is 11.1 Å². The molecule has 0 saturated carbocycles. The number of methoxy groups -OCH3 is 1. The minimum absolute atomic E-state index is 0.184. The smallest absolute Gasteiger partial charge is 0.124 e. The van der Waals surface area contributed by atoms with Crippen molar-refractivity contribution in [3.8, 4) is 5.75 Å². The van der Waals surface area contributed by atoms with Crippen LogP contribution in [-0.2, 0) is 6.54 Å². The molecule has 3 nitrogen and oxygen atoms in total. The number of rotatable bonds is 4. The molecule has 2 atom stereocenters. The molecule has 2 aromatic carbocycles. The monoisotopic (exact) mass is 360 g/mol. The third kappa shape index (κ3) is 3.35. The maximum Gasteiger partial charge on any atom is 0.124 e. The molecule has 1 aliphatic heterocycles. The Kier molecular flexibility index (Phi) is 4.81. The molecule has 2 aromatic rings. The van der Waals surface area contributed by atoms with Gasteiger partial charge in [-0.1, -0.05) is 52.3 Å². The number of hydrogen-bond donors (Lipinski definition) is 1. The van der Waals surface area contributed by atoms with E-state index in [0.717, 1.165) is 29.9 Å². The molecule has 2 N–H and O–H groups in total. The maximum absolute atomic E-state index is 6.37. The first-order valence-corrected chi connectivity index (χ1v) is 8.32. The summed E-state index contributed by atoms with van der Waals surface area (Å²) >= 11 is 3.49. The third-order valence-corrected chi connectivity index (χ3v) is 4.80. The number of nitrogens with two attached hydrogens (primary N) is 1. The molecule has 0 aliphatic carbocycles. The van der Waals surface area contributed by atoms with Gasteiger partial charge in [-0.3, -0.25) is 4.90 Å². The highest BCUT2D eigenvalue weighted by molar-refractivity contribution is 9.10. The van der Waals surface area contributed by atoms with Crippen molar-refractivity contribution in [2.75, 3.05) is 20.2 Å². The zero-order chi connectivity index (χ0) is 15.5. The van der Waals surface area contributed by atoms with Crippen LogP contribution in [0.25, 0.3) is 0 Å². The lowest BCUT2D eigenvalue weighted by Crippen LogP contribution is -2.28. The van der Waals surface area contributed by atoms with Crippen molar-refractivity contribution in [3.63, 3.8) is 0 Å². The number of likely N-dealkylation sites (tertiary alicyclic amines) is 1. The molecule has 1 saturated heterocycles. The first-order valence-electron chi connectivity index (χ1n) is 7.52.